The maximum absolute atomic E-state index is 5.45. The normalized spacial score (nSPS) is 15.4. The summed E-state index contributed by atoms with van der Waals surface area (Å²) in [6.45, 7) is 5.61. The fourth-order valence-corrected chi connectivity index (χ4v) is 1.39. The Morgan fingerprint density at radius 2 is 2.00 bits per heavy atom. The molecule has 0 rings (SSSR count). The maximum Gasteiger partial charge on any atom is 0.0760 e. The topological polar surface area (TPSA) is 56.5 Å². The van der Waals surface area contributed by atoms with Crippen molar-refractivity contribution in [1.82, 2.24) is 5.43 Å². The number of hydrogen-bond acceptors (Lipinski definition) is 4. The Labute approximate surface area is 87.1 Å². The number of hydrogen-bond donors (Lipinski definition) is 2. The number of methoxy groups -OCH3 is 1. The van der Waals surface area contributed by atoms with E-state index >= 15 is 0 Å². The van der Waals surface area contributed by atoms with Crippen LogP contribution in [-0.2, 0) is 9.47 Å². The van der Waals surface area contributed by atoms with Crippen LogP contribution in [0.2, 0.25) is 0 Å². The van der Waals surface area contributed by atoms with E-state index in [2.05, 4.69) is 19.3 Å². The molecular formula is C10H24N2O2. The van der Waals surface area contributed by atoms with Crippen LogP contribution in [-0.4, -0.2) is 32.5 Å². The van der Waals surface area contributed by atoms with Crippen LogP contribution >= 0.6 is 0 Å². The van der Waals surface area contributed by atoms with E-state index in [1.54, 1.807) is 7.11 Å². The summed E-state index contributed by atoms with van der Waals surface area (Å²) in [4.78, 5) is 0. The Bertz CT molecular complexity index is 123. The molecule has 0 fully saturated rings. The van der Waals surface area contributed by atoms with E-state index in [0.29, 0.717) is 6.61 Å². The summed E-state index contributed by atoms with van der Waals surface area (Å²) >= 11 is 0. The standard InChI is InChI=1S/C10H24N2O2/c1-4-6-10(13-3)9(12-11)8-14-7-5-2/h9-10,12H,4-8,11H2,1-3H3. The molecule has 0 aliphatic carbocycles. The molecule has 0 aromatic rings. The van der Waals surface area contributed by atoms with Crippen molar-refractivity contribution in [3.8, 4) is 0 Å². The van der Waals surface area contributed by atoms with Crippen LogP contribution in [0.1, 0.15) is 33.1 Å². The minimum absolute atomic E-state index is 0.0894. The lowest BCUT2D eigenvalue weighted by molar-refractivity contribution is 0.0166. The maximum atomic E-state index is 5.45. The van der Waals surface area contributed by atoms with Crippen molar-refractivity contribution in [1.29, 1.82) is 0 Å². The molecule has 0 spiro atoms. The largest absolute Gasteiger partial charge is 0.380 e. The zero-order valence-corrected chi connectivity index (χ0v) is 9.58. The summed E-state index contributed by atoms with van der Waals surface area (Å²) in [5.74, 6) is 5.45. The van der Waals surface area contributed by atoms with Gasteiger partial charge in [-0.05, 0) is 12.8 Å². The molecule has 86 valence electrons. The van der Waals surface area contributed by atoms with Crippen LogP contribution in [0.4, 0.5) is 0 Å². The first-order valence-corrected chi connectivity index (χ1v) is 5.36. The minimum atomic E-state index is 0.0894. The molecule has 0 radical (unpaired) electrons. The molecule has 2 atom stereocenters. The molecule has 0 saturated carbocycles. The Morgan fingerprint density at radius 1 is 1.29 bits per heavy atom. The number of nitrogens with two attached hydrogens (primary N) is 1. The van der Waals surface area contributed by atoms with Gasteiger partial charge in [-0.1, -0.05) is 20.3 Å². The van der Waals surface area contributed by atoms with E-state index in [0.717, 1.165) is 25.9 Å². The van der Waals surface area contributed by atoms with Crippen molar-refractivity contribution in [2.75, 3.05) is 20.3 Å². The lowest BCUT2D eigenvalue weighted by atomic mass is 10.1. The molecule has 2 unspecified atom stereocenters. The van der Waals surface area contributed by atoms with Crippen molar-refractivity contribution in [3.63, 3.8) is 0 Å². The van der Waals surface area contributed by atoms with Crippen molar-refractivity contribution in [2.24, 2.45) is 5.84 Å². The third-order valence-corrected chi connectivity index (χ3v) is 2.18. The van der Waals surface area contributed by atoms with Gasteiger partial charge in [0.15, 0.2) is 0 Å². The summed E-state index contributed by atoms with van der Waals surface area (Å²) < 4.78 is 10.8. The van der Waals surface area contributed by atoms with Gasteiger partial charge < -0.3 is 9.47 Å². The minimum Gasteiger partial charge on any atom is -0.380 e. The smallest absolute Gasteiger partial charge is 0.0760 e. The molecular weight excluding hydrogens is 180 g/mol. The van der Waals surface area contributed by atoms with Crippen LogP contribution in [0.5, 0.6) is 0 Å². The van der Waals surface area contributed by atoms with Gasteiger partial charge in [0.2, 0.25) is 0 Å². The highest BCUT2D eigenvalue weighted by molar-refractivity contribution is 4.74. The lowest BCUT2D eigenvalue weighted by Crippen LogP contribution is -2.47. The summed E-state index contributed by atoms with van der Waals surface area (Å²) in [6.07, 6.45) is 3.26. The molecule has 0 aliphatic rings. The number of hydrazine groups is 1. The van der Waals surface area contributed by atoms with Crippen LogP contribution in [0, 0.1) is 0 Å². The second-order valence-electron chi connectivity index (χ2n) is 3.41. The van der Waals surface area contributed by atoms with Gasteiger partial charge in [-0.2, -0.15) is 0 Å². The predicted octanol–water partition coefficient (Wildman–Crippen LogP) is 1.06. The zero-order chi connectivity index (χ0) is 10.8. The molecule has 0 aromatic carbocycles. The summed E-state index contributed by atoms with van der Waals surface area (Å²) in [6, 6.07) is 0.0894. The zero-order valence-electron chi connectivity index (χ0n) is 9.58. The molecule has 0 amide bonds. The van der Waals surface area contributed by atoms with E-state index < -0.39 is 0 Å². The number of ether oxygens (including phenoxy) is 2. The molecule has 14 heavy (non-hydrogen) atoms. The van der Waals surface area contributed by atoms with Crippen LogP contribution in [0.3, 0.4) is 0 Å². The second-order valence-corrected chi connectivity index (χ2v) is 3.41. The highest BCUT2D eigenvalue weighted by atomic mass is 16.5. The number of nitrogens with one attached hydrogen (secondary N) is 1. The van der Waals surface area contributed by atoms with Crippen molar-refractivity contribution in [3.05, 3.63) is 0 Å². The van der Waals surface area contributed by atoms with Gasteiger partial charge in [-0.15, -0.1) is 0 Å². The van der Waals surface area contributed by atoms with Gasteiger partial charge in [0.1, 0.15) is 0 Å². The Kier molecular flexibility index (Phi) is 9.29. The molecule has 0 aromatic heterocycles. The molecule has 4 heteroatoms. The summed E-state index contributed by atoms with van der Waals surface area (Å²) in [5, 5.41) is 0. The van der Waals surface area contributed by atoms with Gasteiger partial charge in [-0.25, -0.2) is 0 Å². The second kappa shape index (κ2) is 9.40. The quantitative estimate of drug-likeness (QED) is 0.335. The fourth-order valence-electron chi connectivity index (χ4n) is 1.39. The van der Waals surface area contributed by atoms with E-state index in [4.69, 9.17) is 15.3 Å². The average Bonchev–Trinajstić information content (AvgIpc) is 2.22. The first-order chi connectivity index (χ1) is 6.79. The highest BCUT2D eigenvalue weighted by Crippen LogP contribution is 2.06. The van der Waals surface area contributed by atoms with Crippen molar-refractivity contribution < 1.29 is 9.47 Å². The molecule has 4 nitrogen and oxygen atoms in total. The summed E-state index contributed by atoms with van der Waals surface area (Å²) in [7, 11) is 1.71. The molecule has 0 heterocycles. The van der Waals surface area contributed by atoms with Crippen molar-refractivity contribution >= 4 is 0 Å². The molecule has 3 N–H and O–H groups in total. The Balaban J connectivity index is 3.81. The van der Waals surface area contributed by atoms with E-state index in [1.165, 1.54) is 0 Å². The average molecular weight is 204 g/mol. The van der Waals surface area contributed by atoms with E-state index in [1.807, 2.05) is 0 Å². The van der Waals surface area contributed by atoms with E-state index in [-0.39, 0.29) is 12.1 Å². The first kappa shape index (κ1) is 13.8. The third-order valence-electron chi connectivity index (χ3n) is 2.18. The van der Waals surface area contributed by atoms with Gasteiger partial charge in [-0.3, -0.25) is 11.3 Å². The molecule has 0 aliphatic heterocycles. The molecule has 0 bridgehead atoms. The fraction of sp³-hybridized carbons (Fsp3) is 1.00. The summed E-state index contributed by atoms with van der Waals surface area (Å²) in [5.41, 5.74) is 2.75. The van der Waals surface area contributed by atoms with Gasteiger partial charge >= 0.3 is 0 Å². The first-order valence-electron chi connectivity index (χ1n) is 5.36. The predicted molar refractivity (Wildman–Crippen MR) is 57.9 cm³/mol. The van der Waals surface area contributed by atoms with Crippen LogP contribution < -0.4 is 11.3 Å². The van der Waals surface area contributed by atoms with E-state index in [9.17, 15) is 0 Å². The van der Waals surface area contributed by atoms with Crippen LogP contribution in [0.15, 0.2) is 0 Å². The monoisotopic (exact) mass is 204 g/mol. The highest BCUT2D eigenvalue weighted by Gasteiger charge is 2.18. The van der Waals surface area contributed by atoms with Crippen molar-refractivity contribution in [2.45, 2.75) is 45.3 Å². The molecule has 0 saturated heterocycles. The van der Waals surface area contributed by atoms with Gasteiger partial charge in [0.25, 0.3) is 0 Å². The lowest BCUT2D eigenvalue weighted by Gasteiger charge is -2.24. The van der Waals surface area contributed by atoms with Gasteiger partial charge in [0, 0.05) is 13.7 Å². The number of rotatable bonds is 9. The SMILES string of the molecule is CCCOCC(NN)C(CCC)OC. The van der Waals surface area contributed by atoms with Crippen LogP contribution in [0.25, 0.3) is 0 Å². The Hall–Kier alpha value is -0.160. The van der Waals surface area contributed by atoms with Gasteiger partial charge in [0.05, 0.1) is 18.8 Å². The third kappa shape index (κ3) is 5.54. The Morgan fingerprint density at radius 3 is 2.43 bits per heavy atom.